The molecule has 0 saturated heterocycles. The number of carbonyl (C=O) groups excluding carboxylic acids is 1. The van der Waals surface area contributed by atoms with Crippen molar-refractivity contribution >= 4 is 23.4 Å². The molecule has 4 nitrogen and oxygen atoms in total. The summed E-state index contributed by atoms with van der Waals surface area (Å²) in [6.07, 6.45) is 0.336. The Morgan fingerprint density at radius 2 is 2.17 bits per heavy atom. The van der Waals surface area contributed by atoms with E-state index in [2.05, 4.69) is 12.2 Å². The molecule has 0 aromatic rings. The Morgan fingerprint density at radius 1 is 1.58 bits per heavy atom. The lowest BCUT2D eigenvalue weighted by molar-refractivity contribution is 0.128. The van der Waals surface area contributed by atoms with Crippen LogP contribution in [0.1, 0.15) is 20.3 Å². The van der Waals surface area contributed by atoms with Crippen LogP contribution in [0.2, 0.25) is 0 Å². The third-order valence-electron chi connectivity index (χ3n) is 1.20. The van der Waals surface area contributed by atoms with Gasteiger partial charge in [-0.2, -0.15) is 0 Å². The monoisotopic (exact) mass is 190 g/mol. The van der Waals surface area contributed by atoms with Gasteiger partial charge in [0.2, 0.25) is 0 Å². The van der Waals surface area contributed by atoms with Crippen molar-refractivity contribution in [3.05, 3.63) is 0 Å². The lowest BCUT2D eigenvalue weighted by Crippen LogP contribution is -2.41. The van der Waals surface area contributed by atoms with Crippen molar-refractivity contribution in [2.24, 2.45) is 5.73 Å². The van der Waals surface area contributed by atoms with E-state index in [-0.39, 0.29) is 5.11 Å². The molecule has 1 amide bonds. The van der Waals surface area contributed by atoms with Gasteiger partial charge >= 0.3 is 6.09 Å². The summed E-state index contributed by atoms with van der Waals surface area (Å²) in [4.78, 5) is 12.4. The zero-order valence-corrected chi connectivity index (χ0v) is 8.19. The number of hydrogen-bond donors (Lipinski definition) is 1. The first kappa shape index (κ1) is 11.2. The molecule has 0 heterocycles. The number of ether oxygens (including phenoxy) is 1. The molecule has 0 atom stereocenters. The van der Waals surface area contributed by atoms with Crippen LogP contribution in [0, 0.1) is 0 Å². The van der Waals surface area contributed by atoms with Gasteiger partial charge < -0.3 is 10.5 Å². The summed E-state index contributed by atoms with van der Waals surface area (Å²) in [6, 6.07) is 0. The second-order valence-corrected chi connectivity index (χ2v) is 2.61. The smallest absolute Gasteiger partial charge is 0.416 e. The maximum atomic E-state index is 11.1. The van der Waals surface area contributed by atoms with Gasteiger partial charge in [-0.05, 0) is 25.6 Å². The van der Waals surface area contributed by atoms with E-state index in [0.29, 0.717) is 13.2 Å². The Balaban J connectivity index is 4.09. The van der Waals surface area contributed by atoms with Crippen LogP contribution in [0.4, 0.5) is 4.79 Å². The molecule has 70 valence electrons. The van der Waals surface area contributed by atoms with Gasteiger partial charge in [0.1, 0.15) is 0 Å². The Morgan fingerprint density at radius 3 is 2.50 bits per heavy atom. The number of amides is 1. The Bertz CT molecular complexity index is 173. The third kappa shape index (κ3) is 3.52. The molecule has 0 aromatic carbocycles. The normalized spacial score (nSPS) is 9.17. The molecule has 0 aliphatic carbocycles. The average Bonchev–Trinajstić information content (AvgIpc) is 1.99. The van der Waals surface area contributed by atoms with Crippen molar-refractivity contribution < 1.29 is 9.53 Å². The minimum absolute atomic E-state index is 0.0651. The van der Waals surface area contributed by atoms with E-state index in [1.807, 2.05) is 6.92 Å². The van der Waals surface area contributed by atoms with Crippen LogP contribution in [0.25, 0.3) is 0 Å². The van der Waals surface area contributed by atoms with E-state index in [1.54, 1.807) is 6.92 Å². The molecule has 0 radical (unpaired) electrons. The van der Waals surface area contributed by atoms with Crippen LogP contribution in [0.5, 0.6) is 0 Å². The van der Waals surface area contributed by atoms with E-state index >= 15 is 0 Å². The third-order valence-corrected chi connectivity index (χ3v) is 1.42. The van der Waals surface area contributed by atoms with Gasteiger partial charge in [0.05, 0.1) is 6.61 Å². The molecule has 0 spiro atoms. The van der Waals surface area contributed by atoms with E-state index in [0.717, 1.165) is 6.42 Å². The highest BCUT2D eigenvalue weighted by molar-refractivity contribution is 7.80. The van der Waals surface area contributed by atoms with E-state index in [4.69, 9.17) is 10.5 Å². The summed E-state index contributed by atoms with van der Waals surface area (Å²) in [7, 11) is 0. The fourth-order valence-corrected chi connectivity index (χ4v) is 0.882. The first-order chi connectivity index (χ1) is 5.63. The summed E-state index contributed by atoms with van der Waals surface area (Å²) in [5.74, 6) is 0. The zero-order valence-electron chi connectivity index (χ0n) is 7.37. The lowest BCUT2D eigenvalue weighted by Gasteiger charge is -2.18. The number of hydrogen-bond acceptors (Lipinski definition) is 3. The molecule has 0 bridgehead atoms. The Kier molecular flexibility index (Phi) is 5.36. The lowest BCUT2D eigenvalue weighted by atomic mass is 10.4. The van der Waals surface area contributed by atoms with Gasteiger partial charge in [0.15, 0.2) is 5.11 Å². The first-order valence-corrected chi connectivity index (χ1v) is 4.28. The Labute approximate surface area is 77.7 Å². The molecular formula is C7H14N2O2S. The molecule has 5 heteroatoms. The van der Waals surface area contributed by atoms with Crippen LogP contribution in [-0.2, 0) is 4.74 Å². The van der Waals surface area contributed by atoms with Gasteiger partial charge in [-0.15, -0.1) is 0 Å². The fraction of sp³-hybridized carbons (Fsp3) is 0.714. The van der Waals surface area contributed by atoms with Crippen LogP contribution < -0.4 is 5.73 Å². The van der Waals surface area contributed by atoms with Gasteiger partial charge in [0, 0.05) is 6.54 Å². The second-order valence-electron chi connectivity index (χ2n) is 2.19. The standard InChI is InChI=1S/C7H14N2O2S/c1-3-5-9(6(8)12)7(10)11-4-2/h3-5H2,1-2H3,(H2,8,12). The summed E-state index contributed by atoms with van der Waals surface area (Å²) >= 11 is 4.68. The second kappa shape index (κ2) is 5.77. The number of rotatable bonds is 3. The molecule has 0 saturated carbocycles. The largest absolute Gasteiger partial charge is 0.449 e. The molecule has 0 rings (SSSR count). The summed E-state index contributed by atoms with van der Waals surface area (Å²) in [5, 5.41) is 0.0651. The highest BCUT2D eigenvalue weighted by Crippen LogP contribution is 1.95. The summed E-state index contributed by atoms with van der Waals surface area (Å²) in [6.45, 7) is 4.52. The van der Waals surface area contributed by atoms with E-state index in [9.17, 15) is 4.79 Å². The zero-order chi connectivity index (χ0) is 9.56. The number of carbonyl (C=O) groups is 1. The maximum Gasteiger partial charge on any atom is 0.416 e. The van der Waals surface area contributed by atoms with Crippen LogP contribution in [0.3, 0.4) is 0 Å². The number of thiocarbonyl (C=S) groups is 1. The molecule has 0 fully saturated rings. The maximum absolute atomic E-state index is 11.1. The van der Waals surface area contributed by atoms with Crippen LogP contribution >= 0.6 is 12.2 Å². The molecule has 0 aliphatic heterocycles. The van der Waals surface area contributed by atoms with Crippen LogP contribution in [0.15, 0.2) is 0 Å². The molecule has 2 N–H and O–H groups in total. The van der Waals surface area contributed by atoms with Crippen molar-refractivity contribution in [2.45, 2.75) is 20.3 Å². The molecule has 0 aliphatic rings. The van der Waals surface area contributed by atoms with E-state index in [1.165, 1.54) is 4.90 Å². The average molecular weight is 190 g/mol. The fourth-order valence-electron chi connectivity index (χ4n) is 0.716. The van der Waals surface area contributed by atoms with Crippen molar-refractivity contribution in [3.63, 3.8) is 0 Å². The SMILES string of the molecule is CCCN(C(=O)OCC)C(N)=S. The quantitative estimate of drug-likeness (QED) is 0.677. The molecule has 0 aromatic heterocycles. The Hall–Kier alpha value is -0.840. The highest BCUT2D eigenvalue weighted by Gasteiger charge is 2.15. The minimum Gasteiger partial charge on any atom is -0.449 e. The van der Waals surface area contributed by atoms with Crippen molar-refractivity contribution in [1.29, 1.82) is 0 Å². The van der Waals surface area contributed by atoms with Gasteiger partial charge in [-0.1, -0.05) is 6.92 Å². The van der Waals surface area contributed by atoms with Crippen molar-refractivity contribution in [2.75, 3.05) is 13.2 Å². The predicted octanol–water partition coefficient (Wildman–Crippen LogP) is 1.10. The minimum atomic E-state index is -0.466. The number of nitrogens with two attached hydrogens (primary N) is 1. The summed E-state index contributed by atoms with van der Waals surface area (Å²) in [5.41, 5.74) is 5.31. The van der Waals surface area contributed by atoms with Gasteiger partial charge in [0.25, 0.3) is 0 Å². The summed E-state index contributed by atoms with van der Waals surface area (Å²) < 4.78 is 4.74. The van der Waals surface area contributed by atoms with E-state index < -0.39 is 6.09 Å². The topological polar surface area (TPSA) is 55.6 Å². The highest BCUT2D eigenvalue weighted by atomic mass is 32.1. The van der Waals surface area contributed by atoms with Crippen molar-refractivity contribution in [1.82, 2.24) is 4.90 Å². The van der Waals surface area contributed by atoms with Crippen LogP contribution in [-0.4, -0.2) is 29.3 Å². The predicted molar refractivity (Wildman–Crippen MR) is 50.8 cm³/mol. The van der Waals surface area contributed by atoms with Crippen molar-refractivity contribution in [3.8, 4) is 0 Å². The molecular weight excluding hydrogens is 176 g/mol. The molecule has 0 unspecified atom stereocenters. The van der Waals surface area contributed by atoms with Gasteiger partial charge in [-0.3, -0.25) is 4.90 Å². The first-order valence-electron chi connectivity index (χ1n) is 3.87. The number of nitrogens with zero attached hydrogens (tertiary/aromatic N) is 1. The molecule has 12 heavy (non-hydrogen) atoms. The van der Waals surface area contributed by atoms with Gasteiger partial charge in [-0.25, -0.2) is 4.79 Å².